The normalized spacial score (nSPS) is 18.3. The van der Waals surface area contributed by atoms with E-state index in [0.717, 1.165) is 11.8 Å². The van der Waals surface area contributed by atoms with Crippen LogP contribution in [0.15, 0.2) is 116 Å². The molecule has 1 unspecified atom stereocenters. The molecule has 2 aliphatic heterocycles. The Morgan fingerprint density at radius 1 is 0.681 bits per heavy atom. The molecule has 0 saturated carbocycles. The van der Waals surface area contributed by atoms with E-state index in [4.69, 9.17) is 9.47 Å². The van der Waals surface area contributed by atoms with Crippen molar-refractivity contribution in [1.82, 2.24) is 0 Å². The molecule has 0 saturated heterocycles. The van der Waals surface area contributed by atoms with Gasteiger partial charge in [0.2, 0.25) is 5.69 Å². The number of hydrogen-bond acceptors (Lipinski definition) is 12. The summed E-state index contributed by atoms with van der Waals surface area (Å²) in [6, 6.07) is 10.1. The average Bonchev–Trinajstić information content (AvgIpc) is 3.62. The quantitative estimate of drug-likeness (QED) is 0.0235. The predicted molar refractivity (Wildman–Crippen MR) is 259 cm³/mol. The number of aliphatic carboxylic acids is 1. The Morgan fingerprint density at radius 3 is 1.80 bits per heavy atom. The van der Waals surface area contributed by atoms with Gasteiger partial charge in [-0.3, -0.25) is 23.0 Å². The predicted octanol–water partition coefficient (Wildman–Crippen LogP) is 7.40. The fourth-order valence-electron chi connectivity index (χ4n) is 9.43. The monoisotopic (exact) mass is 1030 g/mol. The molecular formula is C47H55N2O16S4+. The molecule has 5 N–H and O–H groups in total. The first-order valence-corrected chi connectivity index (χ1v) is 27.5. The van der Waals surface area contributed by atoms with Crippen LogP contribution in [-0.2, 0) is 65.6 Å². The number of carbonyl (C=O) groups is 1. The molecule has 0 fully saturated rings. The van der Waals surface area contributed by atoms with Gasteiger partial charge in [-0.2, -0.15) is 38.2 Å². The highest BCUT2D eigenvalue weighted by Crippen LogP contribution is 2.54. The Morgan fingerprint density at radius 2 is 1.25 bits per heavy atom. The molecule has 18 nitrogen and oxygen atoms in total. The fraction of sp³-hybridized carbons (Fsp3) is 0.362. The molecule has 2 aliphatic rings. The molecule has 0 spiro atoms. The lowest BCUT2D eigenvalue weighted by atomic mass is 9.76. The summed E-state index contributed by atoms with van der Waals surface area (Å²) in [5, 5.41) is 9.72. The second-order valence-corrected chi connectivity index (χ2v) is 23.0. The maximum atomic E-state index is 12.7. The number of methoxy groups -OCH3 is 1. The van der Waals surface area contributed by atoms with E-state index in [1.54, 1.807) is 42.5 Å². The van der Waals surface area contributed by atoms with E-state index in [2.05, 4.69) is 0 Å². The van der Waals surface area contributed by atoms with Gasteiger partial charge in [-0.15, -0.1) is 0 Å². The third-order valence-corrected chi connectivity index (χ3v) is 16.0. The van der Waals surface area contributed by atoms with Crippen molar-refractivity contribution >= 4 is 85.1 Å². The van der Waals surface area contributed by atoms with Crippen molar-refractivity contribution in [2.75, 3.05) is 44.9 Å². The minimum atomic E-state index is -5.00. The third kappa shape index (κ3) is 11.1. The summed E-state index contributed by atoms with van der Waals surface area (Å²) in [5.41, 5.74) is 2.01. The molecule has 2 heterocycles. The van der Waals surface area contributed by atoms with Crippen molar-refractivity contribution in [3.8, 4) is 0 Å². The van der Waals surface area contributed by atoms with Crippen molar-refractivity contribution in [1.29, 1.82) is 0 Å². The molecule has 0 aliphatic carbocycles. The second-order valence-electron chi connectivity index (χ2n) is 17.3. The highest BCUT2D eigenvalue weighted by atomic mass is 32.2. The number of benzene rings is 4. The van der Waals surface area contributed by atoms with Crippen molar-refractivity contribution in [2.45, 2.75) is 90.2 Å². The zero-order valence-corrected chi connectivity index (χ0v) is 41.8. The molecule has 0 bridgehead atoms. The van der Waals surface area contributed by atoms with Gasteiger partial charge in [-0.05, 0) is 106 Å². The summed E-state index contributed by atoms with van der Waals surface area (Å²) in [7, 11) is -18.2. The van der Waals surface area contributed by atoms with Crippen molar-refractivity contribution in [3.05, 3.63) is 108 Å². The van der Waals surface area contributed by atoms with Gasteiger partial charge in [0.25, 0.3) is 40.5 Å². The SMILES string of the molecule is CC[N+]1=C(/C=C/C=C/C=C/C=C2/N(CCCCCC(=O)O)c3ccc4c(S(=O)(=O)O)cc(S(=O)(=O)O)cc4c3C2(C)CCOCCOC)C(C)(C)c2c1ccc1c(S(=O)(=O)O)cc(S(=O)(=O)O)cc21. The standard InChI is InChI=1S/C47H54N2O16S4/c1-6-48-37-20-18-33-35(27-31(66(52,53)54)29-39(33)68(58,59)60)44(37)46(2,3)41(48)15-11-8-7-9-12-16-42-47(4,22-24-65-26-25-64-5)45-36-28-32(67(55,56)57)30-40(69(61,62)63)34(36)19-21-38(45)49(42)23-14-10-13-17-43(50)51/h7-9,11-12,15-16,18-21,27-30H,6,10,13-14,17,22-26H2,1-5H3,(H4-,50,51,52,53,54,55,56,57,58,59,60,61,62,63)/p+1. The number of rotatable bonds is 21. The van der Waals surface area contributed by atoms with E-state index in [-0.39, 0.29) is 41.2 Å². The van der Waals surface area contributed by atoms with Gasteiger partial charge in [-0.1, -0.05) is 42.9 Å². The number of carboxylic acid groups (broad SMARTS) is 1. The van der Waals surface area contributed by atoms with Gasteiger partial charge >= 0.3 is 5.97 Å². The molecule has 69 heavy (non-hydrogen) atoms. The Hall–Kier alpha value is -5.14. The second kappa shape index (κ2) is 20.3. The molecule has 372 valence electrons. The van der Waals surface area contributed by atoms with Gasteiger partial charge in [0.15, 0.2) is 5.71 Å². The van der Waals surface area contributed by atoms with Crippen LogP contribution in [0.25, 0.3) is 21.5 Å². The van der Waals surface area contributed by atoms with E-state index in [1.165, 1.54) is 31.4 Å². The van der Waals surface area contributed by atoms with Crippen molar-refractivity contribution in [3.63, 3.8) is 0 Å². The molecule has 0 radical (unpaired) electrons. The number of hydrogen-bond donors (Lipinski definition) is 5. The van der Waals surface area contributed by atoms with Gasteiger partial charge < -0.3 is 19.5 Å². The van der Waals surface area contributed by atoms with Crippen LogP contribution in [0, 0.1) is 0 Å². The van der Waals surface area contributed by atoms with Crippen molar-refractivity contribution in [2.24, 2.45) is 0 Å². The lowest BCUT2D eigenvalue weighted by Crippen LogP contribution is -2.30. The summed E-state index contributed by atoms with van der Waals surface area (Å²) in [6.07, 6.45) is 14.4. The largest absolute Gasteiger partial charge is 0.481 e. The highest BCUT2D eigenvalue weighted by Gasteiger charge is 2.47. The maximum Gasteiger partial charge on any atom is 0.303 e. The van der Waals surface area contributed by atoms with E-state index >= 15 is 0 Å². The summed E-state index contributed by atoms with van der Waals surface area (Å²) in [4.78, 5) is 10.5. The summed E-state index contributed by atoms with van der Waals surface area (Å²) in [6.45, 7) is 9.20. The first-order valence-electron chi connectivity index (χ1n) is 21.7. The number of unbranched alkanes of at least 4 members (excludes halogenated alkanes) is 2. The average molecular weight is 1030 g/mol. The number of nitrogens with zero attached hydrogens (tertiary/aromatic N) is 2. The van der Waals surface area contributed by atoms with Gasteiger partial charge in [0.05, 0.1) is 28.4 Å². The van der Waals surface area contributed by atoms with Crippen LogP contribution in [-0.4, -0.2) is 113 Å². The summed E-state index contributed by atoms with van der Waals surface area (Å²) < 4.78 is 153. The van der Waals surface area contributed by atoms with Crippen LogP contribution in [0.1, 0.15) is 70.9 Å². The van der Waals surface area contributed by atoms with Crippen LogP contribution in [0.5, 0.6) is 0 Å². The Balaban J connectivity index is 1.41. The number of allylic oxidation sites excluding steroid dienone is 8. The van der Waals surface area contributed by atoms with E-state index in [0.29, 0.717) is 79.6 Å². The minimum Gasteiger partial charge on any atom is -0.481 e. The summed E-state index contributed by atoms with van der Waals surface area (Å²) >= 11 is 0. The Kier molecular flexibility index (Phi) is 15.7. The van der Waals surface area contributed by atoms with Gasteiger partial charge in [0, 0.05) is 72.0 Å². The smallest absolute Gasteiger partial charge is 0.303 e. The van der Waals surface area contributed by atoms with Gasteiger partial charge in [-0.25, -0.2) is 0 Å². The zero-order chi connectivity index (χ0) is 50.9. The van der Waals surface area contributed by atoms with E-state index in [1.807, 2.05) is 49.3 Å². The third-order valence-electron chi connectivity index (χ3n) is 12.5. The summed E-state index contributed by atoms with van der Waals surface area (Å²) in [5.74, 6) is -0.923. The lowest BCUT2D eigenvalue weighted by Gasteiger charge is -2.31. The molecule has 4 aromatic rings. The molecule has 6 rings (SSSR count). The zero-order valence-electron chi connectivity index (χ0n) is 38.5. The van der Waals surface area contributed by atoms with Crippen LogP contribution < -0.4 is 4.90 Å². The van der Waals surface area contributed by atoms with Crippen LogP contribution in [0.3, 0.4) is 0 Å². The lowest BCUT2D eigenvalue weighted by molar-refractivity contribution is -0.433. The first-order chi connectivity index (χ1) is 32.2. The maximum absolute atomic E-state index is 12.7. The minimum absolute atomic E-state index is 0.0202. The van der Waals surface area contributed by atoms with Gasteiger partial charge in [0.1, 0.15) is 16.3 Å². The molecule has 4 aromatic carbocycles. The molecule has 22 heteroatoms. The van der Waals surface area contributed by atoms with Crippen LogP contribution in [0.2, 0.25) is 0 Å². The van der Waals surface area contributed by atoms with E-state index < -0.39 is 76.9 Å². The number of anilines is 1. The van der Waals surface area contributed by atoms with Crippen LogP contribution >= 0.6 is 0 Å². The molecule has 0 aromatic heterocycles. The number of ether oxygens (including phenoxy) is 2. The Bertz CT molecular complexity index is 3340. The fourth-order valence-corrected chi connectivity index (χ4v) is 12.1. The number of carboxylic acids is 1. The molecule has 1 atom stereocenters. The molecular weight excluding hydrogens is 977 g/mol. The Labute approximate surface area is 401 Å². The topological polar surface area (TPSA) is 279 Å². The van der Waals surface area contributed by atoms with E-state index in [9.17, 15) is 61.8 Å². The van der Waals surface area contributed by atoms with Crippen molar-refractivity contribution < 1.29 is 75.8 Å². The van der Waals surface area contributed by atoms with Crippen LogP contribution in [0.4, 0.5) is 11.4 Å². The number of fused-ring (bicyclic) bond motifs is 6. The molecule has 0 amide bonds. The first kappa shape index (κ1) is 53.2. The highest BCUT2D eigenvalue weighted by molar-refractivity contribution is 7.87.